The largest absolute Gasteiger partial charge is 0.479 e. The van der Waals surface area contributed by atoms with E-state index in [2.05, 4.69) is 36.5 Å². The summed E-state index contributed by atoms with van der Waals surface area (Å²) in [5.74, 6) is -2.50. The van der Waals surface area contributed by atoms with Gasteiger partial charge in [-0.25, -0.2) is 4.79 Å². The van der Waals surface area contributed by atoms with Crippen molar-refractivity contribution in [3.05, 3.63) is 59.7 Å². The number of hydrogen-bond donors (Lipinski definition) is 3. The maximum atomic E-state index is 12.8. The van der Waals surface area contributed by atoms with Crippen LogP contribution in [0.3, 0.4) is 0 Å². The summed E-state index contributed by atoms with van der Waals surface area (Å²) in [6.45, 7) is 5.55. The molecule has 1 amide bonds. The summed E-state index contributed by atoms with van der Waals surface area (Å²) in [7, 11) is 0. The summed E-state index contributed by atoms with van der Waals surface area (Å²) in [6, 6.07) is 14.4. The summed E-state index contributed by atoms with van der Waals surface area (Å²) in [5.41, 5.74) is 7.56. The standard InChI is InChI=1S/C25H32N2O4/c1-4-7-17-9-11-18(12-10-17)19-13-15-20(16-14-19)23(29)27-21(8-5-2)25(26,24(30)31)22(28)6-3/h9-16,21H,4-8,26H2,1-3H3,(H,27,29)(H,30,31). The van der Waals surface area contributed by atoms with Gasteiger partial charge in [0.2, 0.25) is 0 Å². The van der Waals surface area contributed by atoms with Crippen molar-refractivity contribution in [2.45, 2.75) is 64.5 Å². The molecule has 2 aromatic rings. The molecule has 0 bridgehead atoms. The van der Waals surface area contributed by atoms with Crippen LogP contribution in [0.5, 0.6) is 0 Å². The minimum absolute atomic E-state index is 0.0232. The number of benzene rings is 2. The first kappa shape index (κ1) is 24.3. The maximum absolute atomic E-state index is 12.8. The summed E-state index contributed by atoms with van der Waals surface area (Å²) in [6.07, 6.45) is 2.96. The van der Waals surface area contributed by atoms with E-state index in [1.807, 2.05) is 19.1 Å². The van der Waals surface area contributed by atoms with Gasteiger partial charge in [-0.2, -0.15) is 0 Å². The van der Waals surface area contributed by atoms with Gasteiger partial charge >= 0.3 is 5.97 Å². The first-order valence-corrected chi connectivity index (χ1v) is 10.8. The lowest BCUT2D eigenvalue weighted by Crippen LogP contribution is -2.67. The van der Waals surface area contributed by atoms with Gasteiger partial charge in [-0.15, -0.1) is 0 Å². The van der Waals surface area contributed by atoms with Crippen LogP contribution in [-0.2, 0) is 16.0 Å². The van der Waals surface area contributed by atoms with Crippen molar-refractivity contribution in [1.82, 2.24) is 5.32 Å². The smallest absolute Gasteiger partial charge is 0.333 e. The molecule has 0 aliphatic heterocycles. The zero-order valence-corrected chi connectivity index (χ0v) is 18.5. The molecule has 166 valence electrons. The molecule has 2 rings (SSSR count). The molecule has 0 spiro atoms. The van der Waals surface area contributed by atoms with Gasteiger partial charge in [-0.1, -0.05) is 70.0 Å². The minimum Gasteiger partial charge on any atom is -0.479 e. The molecule has 0 aromatic heterocycles. The van der Waals surface area contributed by atoms with Gasteiger partial charge in [0.25, 0.3) is 5.91 Å². The minimum atomic E-state index is -2.15. The zero-order valence-electron chi connectivity index (χ0n) is 18.5. The fourth-order valence-corrected chi connectivity index (χ4v) is 3.67. The first-order valence-electron chi connectivity index (χ1n) is 10.8. The summed E-state index contributed by atoms with van der Waals surface area (Å²) in [4.78, 5) is 36.9. The van der Waals surface area contributed by atoms with Crippen LogP contribution >= 0.6 is 0 Å². The molecule has 2 unspecified atom stereocenters. The number of hydrogen-bond acceptors (Lipinski definition) is 4. The number of aliphatic carboxylic acids is 1. The molecule has 0 heterocycles. The normalized spacial score (nSPS) is 13.8. The second kappa shape index (κ2) is 10.9. The van der Waals surface area contributed by atoms with Gasteiger partial charge < -0.3 is 16.2 Å². The molecule has 0 radical (unpaired) electrons. The lowest BCUT2D eigenvalue weighted by atomic mass is 9.82. The Morgan fingerprint density at radius 1 is 0.935 bits per heavy atom. The van der Waals surface area contributed by atoms with Crippen LogP contribution in [0, 0.1) is 0 Å². The van der Waals surface area contributed by atoms with Crippen molar-refractivity contribution in [3.63, 3.8) is 0 Å². The monoisotopic (exact) mass is 424 g/mol. The van der Waals surface area contributed by atoms with Gasteiger partial charge in [-0.3, -0.25) is 9.59 Å². The molecule has 2 aromatic carbocycles. The molecule has 0 saturated heterocycles. The first-order chi connectivity index (χ1) is 14.8. The number of amides is 1. The Bertz CT molecular complexity index is 906. The van der Waals surface area contributed by atoms with Crippen molar-refractivity contribution in [1.29, 1.82) is 0 Å². The Kier molecular flexibility index (Phi) is 8.51. The van der Waals surface area contributed by atoms with Crippen LogP contribution in [0.2, 0.25) is 0 Å². The molecular weight excluding hydrogens is 392 g/mol. The lowest BCUT2D eigenvalue weighted by molar-refractivity contribution is -0.149. The highest BCUT2D eigenvalue weighted by atomic mass is 16.4. The number of carboxylic acids is 1. The van der Waals surface area contributed by atoms with Crippen LogP contribution in [-0.4, -0.2) is 34.3 Å². The molecule has 0 aliphatic carbocycles. The quantitative estimate of drug-likeness (QED) is 0.473. The molecule has 31 heavy (non-hydrogen) atoms. The lowest BCUT2D eigenvalue weighted by Gasteiger charge is -2.32. The summed E-state index contributed by atoms with van der Waals surface area (Å²) in [5, 5.41) is 12.3. The third-order valence-electron chi connectivity index (χ3n) is 5.54. The van der Waals surface area contributed by atoms with E-state index in [0.29, 0.717) is 12.0 Å². The maximum Gasteiger partial charge on any atom is 0.333 e. The number of nitrogens with two attached hydrogens (primary N) is 1. The van der Waals surface area contributed by atoms with E-state index < -0.39 is 29.2 Å². The molecule has 0 fully saturated rings. The van der Waals surface area contributed by atoms with Gasteiger partial charge in [0.15, 0.2) is 11.3 Å². The topological polar surface area (TPSA) is 109 Å². The van der Waals surface area contributed by atoms with Crippen LogP contribution in [0.15, 0.2) is 48.5 Å². The van der Waals surface area contributed by atoms with E-state index in [1.165, 1.54) is 5.56 Å². The average Bonchev–Trinajstić information content (AvgIpc) is 2.78. The summed E-state index contributed by atoms with van der Waals surface area (Å²) < 4.78 is 0. The average molecular weight is 425 g/mol. The third kappa shape index (κ3) is 5.58. The fraction of sp³-hybridized carbons (Fsp3) is 0.400. The van der Waals surface area contributed by atoms with E-state index in [4.69, 9.17) is 5.73 Å². The highest BCUT2D eigenvalue weighted by Gasteiger charge is 2.48. The van der Waals surface area contributed by atoms with Crippen molar-refractivity contribution >= 4 is 17.7 Å². The Hall–Kier alpha value is -2.99. The predicted molar refractivity (Wildman–Crippen MR) is 122 cm³/mol. The molecule has 0 saturated carbocycles. The number of Topliss-reactive ketones (excluding diaryl/α,β-unsaturated/α-hetero) is 1. The number of nitrogens with one attached hydrogen (secondary N) is 1. The Morgan fingerprint density at radius 3 is 1.94 bits per heavy atom. The molecule has 2 atom stereocenters. The highest BCUT2D eigenvalue weighted by Crippen LogP contribution is 2.22. The highest BCUT2D eigenvalue weighted by molar-refractivity contribution is 6.09. The number of ketones is 1. The predicted octanol–water partition coefficient (Wildman–Crippen LogP) is 3.97. The molecule has 6 nitrogen and oxygen atoms in total. The van der Waals surface area contributed by atoms with Crippen molar-refractivity contribution in [2.75, 3.05) is 0 Å². The van der Waals surface area contributed by atoms with E-state index in [-0.39, 0.29) is 12.8 Å². The molecule has 4 N–H and O–H groups in total. The Labute approximate surface area is 183 Å². The molecular formula is C25H32N2O4. The number of carbonyl (C=O) groups is 3. The SMILES string of the molecule is CCCc1ccc(-c2ccc(C(=O)NC(CCC)C(N)(C(=O)O)C(=O)CC)cc2)cc1. The van der Waals surface area contributed by atoms with Crippen LogP contribution in [0.1, 0.15) is 62.4 Å². The fourth-order valence-electron chi connectivity index (χ4n) is 3.67. The summed E-state index contributed by atoms with van der Waals surface area (Å²) >= 11 is 0. The van der Waals surface area contributed by atoms with E-state index in [0.717, 1.165) is 24.0 Å². The van der Waals surface area contributed by atoms with Gasteiger partial charge in [0.1, 0.15) is 0 Å². The third-order valence-corrected chi connectivity index (χ3v) is 5.54. The molecule has 0 aliphatic rings. The number of aryl methyl sites for hydroxylation is 1. The van der Waals surface area contributed by atoms with Gasteiger partial charge in [0, 0.05) is 12.0 Å². The van der Waals surface area contributed by atoms with Crippen LogP contribution < -0.4 is 11.1 Å². The van der Waals surface area contributed by atoms with Crippen molar-refractivity contribution in [3.8, 4) is 11.1 Å². The Morgan fingerprint density at radius 2 is 1.48 bits per heavy atom. The number of carboxylic acid groups (broad SMARTS) is 1. The zero-order chi connectivity index (χ0) is 23.0. The van der Waals surface area contributed by atoms with Crippen LogP contribution in [0.4, 0.5) is 0 Å². The molecule has 6 heteroatoms. The second-order valence-corrected chi connectivity index (χ2v) is 7.79. The van der Waals surface area contributed by atoms with Gasteiger partial charge in [-0.05, 0) is 41.7 Å². The van der Waals surface area contributed by atoms with E-state index in [1.54, 1.807) is 19.1 Å². The van der Waals surface area contributed by atoms with Gasteiger partial charge in [0.05, 0.1) is 6.04 Å². The van der Waals surface area contributed by atoms with Crippen molar-refractivity contribution in [2.24, 2.45) is 5.73 Å². The van der Waals surface area contributed by atoms with Crippen molar-refractivity contribution < 1.29 is 19.5 Å². The number of carbonyl (C=O) groups excluding carboxylic acids is 2. The van der Waals surface area contributed by atoms with E-state index in [9.17, 15) is 19.5 Å². The number of rotatable bonds is 11. The van der Waals surface area contributed by atoms with E-state index >= 15 is 0 Å². The second-order valence-electron chi connectivity index (χ2n) is 7.79. The Balaban J connectivity index is 2.21. The van der Waals surface area contributed by atoms with Crippen LogP contribution in [0.25, 0.3) is 11.1 Å².